The number of amides is 1. The Hall–Kier alpha value is -2.99. The van der Waals surface area contributed by atoms with E-state index in [9.17, 15) is 4.79 Å². The zero-order valence-electron chi connectivity index (χ0n) is 15.9. The highest BCUT2D eigenvalue weighted by molar-refractivity contribution is 6.07. The number of carbonyl (C=O) groups excluding carboxylic acids is 1. The van der Waals surface area contributed by atoms with Gasteiger partial charge < -0.3 is 4.90 Å². The minimum absolute atomic E-state index is 0.0592. The molecule has 3 aromatic rings. The van der Waals surface area contributed by atoms with Crippen molar-refractivity contribution in [3.63, 3.8) is 0 Å². The number of anilines is 1. The molecule has 1 saturated heterocycles. The molecule has 0 unspecified atom stereocenters. The van der Waals surface area contributed by atoms with E-state index in [4.69, 9.17) is 0 Å². The molecular formula is C22H23N5O. The highest BCUT2D eigenvalue weighted by Crippen LogP contribution is 2.43. The second-order valence-electron chi connectivity index (χ2n) is 7.79. The number of hydrogen-bond donors (Lipinski definition) is 0. The summed E-state index contributed by atoms with van der Waals surface area (Å²) in [6.07, 6.45) is 7.37. The number of rotatable bonds is 4. The summed E-state index contributed by atoms with van der Waals surface area (Å²) in [6, 6.07) is 11.9. The first-order chi connectivity index (χ1) is 13.7. The summed E-state index contributed by atoms with van der Waals surface area (Å²) in [7, 11) is 1.95. The van der Waals surface area contributed by atoms with E-state index in [1.807, 2.05) is 28.9 Å². The summed E-state index contributed by atoms with van der Waals surface area (Å²) in [5.74, 6) is 1.03. The molecule has 0 N–H and O–H groups in total. The summed E-state index contributed by atoms with van der Waals surface area (Å²) in [5.41, 5.74) is 4.30. The first-order valence-corrected chi connectivity index (χ1v) is 9.70. The minimum Gasteiger partial charge on any atom is -0.307 e. The average Bonchev–Trinajstić information content (AvgIpc) is 3.28. The van der Waals surface area contributed by atoms with E-state index in [1.54, 1.807) is 24.5 Å². The summed E-state index contributed by atoms with van der Waals surface area (Å²) in [6.45, 7) is 3.82. The van der Waals surface area contributed by atoms with Crippen LogP contribution in [0.1, 0.15) is 27.4 Å². The molecule has 2 aromatic heterocycles. The van der Waals surface area contributed by atoms with Gasteiger partial charge in [-0.05, 0) is 29.7 Å². The van der Waals surface area contributed by atoms with Crippen molar-refractivity contribution in [2.24, 2.45) is 13.0 Å². The Bertz CT molecular complexity index is 993. The highest BCUT2D eigenvalue weighted by atomic mass is 16.2. The average molecular weight is 373 g/mol. The Balaban J connectivity index is 1.31. The predicted molar refractivity (Wildman–Crippen MR) is 107 cm³/mol. The van der Waals surface area contributed by atoms with Crippen LogP contribution in [0.25, 0.3) is 0 Å². The lowest BCUT2D eigenvalue weighted by Crippen LogP contribution is -2.49. The monoisotopic (exact) mass is 373 g/mol. The Labute approximate surface area is 164 Å². The van der Waals surface area contributed by atoms with Crippen LogP contribution >= 0.6 is 0 Å². The van der Waals surface area contributed by atoms with E-state index < -0.39 is 0 Å². The third-order valence-electron chi connectivity index (χ3n) is 5.90. The first-order valence-electron chi connectivity index (χ1n) is 9.70. The Kier molecular flexibility index (Phi) is 4.20. The summed E-state index contributed by atoms with van der Waals surface area (Å²) >= 11 is 0. The third kappa shape index (κ3) is 2.99. The molecule has 0 spiro atoms. The quantitative estimate of drug-likeness (QED) is 0.706. The molecule has 2 aliphatic heterocycles. The van der Waals surface area contributed by atoms with E-state index in [0.717, 1.165) is 31.9 Å². The van der Waals surface area contributed by atoms with Crippen molar-refractivity contribution in [1.29, 1.82) is 0 Å². The topological polar surface area (TPSA) is 54.3 Å². The van der Waals surface area contributed by atoms with Crippen LogP contribution in [0.3, 0.4) is 0 Å². The van der Waals surface area contributed by atoms with Crippen molar-refractivity contribution in [2.75, 3.05) is 24.5 Å². The molecule has 5 rings (SSSR count). The van der Waals surface area contributed by atoms with Gasteiger partial charge in [-0.3, -0.25) is 19.4 Å². The van der Waals surface area contributed by atoms with Gasteiger partial charge in [0.05, 0.1) is 6.20 Å². The molecule has 1 aromatic carbocycles. The molecule has 1 fully saturated rings. The van der Waals surface area contributed by atoms with Crippen molar-refractivity contribution in [1.82, 2.24) is 19.7 Å². The lowest BCUT2D eigenvalue weighted by molar-refractivity contribution is 0.0751. The molecule has 28 heavy (non-hydrogen) atoms. The van der Waals surface area contributed by atoms with Gasteiger partial charge in [0, 0.05) is 74.5 Å². The molecule has 142 valence electrons. The summed E-state index contributed by atoms with van der Waals surface area (Å²) in [4.78, 5) is 21.5. The fourth-order valence-electron chi connectivity index (χ4n) is 4.49. The van der Waals surface area contributed by atoms with Gasteiger partial charge in [0.1, 0.15) is 0 Å². The molecule has 0 saturated carbocycles. The number of fused-ring (bicyclic) bond motifs is 1. The van der Waals surface area contributed by atoms with Gasteiger partial charge in [-0.1, -0.05) is 18.2 Å². The standard InChI is InChI=1S/C22H23N5O/c1-25-11-16(10-24-25)12-26-13-18(14-26)20-15-27(21-5-3-2-4-19(20)21)22(28)17-6-8-23-9-7-17/h2-11,18,20H,12-15H2,1H3/t20-/m0/s1. The molecule has 6 nitrogen and oxygen atoms in total. The van der Waals surface area contributed by atoms with Crippen LogP contribution < -0.4 is 4.90 Å². The van der Waals surface area contributed by atoms with Gasteiger partial charge in [-0.25, -0.2) is 0 Å². The number of aromatic nitrogens is 3. The zero-order valence-corrected chi connectivity index (χ0v) is 15.9. The van der Waals surface area contributed by atoms with Crippen LogP contribution in [0.4, 0.5) is 5.69 Å². The van der Waals surface area contributed by atoms with Crippen LogP contribution in [0, 0.1) is 5.92 Å². The van der Waals surface area contributed by atoms with Crippen molar-refractivity contribution >= 4 is 11.6 Å². The number of nitrogens with zero attached hydrogens (tertiary/aromatic N) is 5. The van der Waals surface area contributed by atoms with E-state index in [1.165, 1.54) is 11.1 Å². The normalized spacial score (nSPS) is 19.5. The van der Waals surface area contributed by atoms with Gasteiger partial charge in [-0.15, -0.1) is 0 Å². The molecule has 1 atom stereocenters. The van der Waals surface area contributed by atoms with Crippen LogP contribution in [0.5, 0.6) is 0 Å². The number of para-hydroxylation sites is 1. The van der Waals surface area contributed by atoms with Crippen molar-refractivity contribution in [3.8, 4) is 0 Å². The predicted octanol–water partition coefficient (Wildman–Crippen LogP) is 2.69. The Morgan fingerprint density at radius 3 is 2.64 bits per heavy atom. The molecule has 6 heteroatoms. The van der Waals surface area contributed by atoms with Gasteiger partial charge >= 0.3 is 0 Å². The second kappa shape index (κ2) is 6.87. The molecule has 0 radical (unpaired) electrons. The van der Waals surface area contributed by atoms with Crippen molar-refractivity contribution in [3.05, 3.63) is 77.9 Å². The van der Waals surface area contributed by atoms with Crippen LogP contribution in [0.2, 0.25) is 0 Å². The van der Waals surface area contributed by atoms with Crippen LogP contribution in [0.15, 0.2) is 61.2 Å². The smallest absolute Gasteiger partial charge is 0.258 e. The van der Waals surface area contributed by atoms with Gasteiger partial charge in [0.15, 0.2) is 0 Å². The first kappa shape index (κ1) is 17.1. The number of hydrogen-bond acceptors (Lipinski definition) is 4. The van der Waals surface area contributed by atoms with E-state index in [0.29, 0.717) is 17.4 Å². The molecule has 2 aliphatic rings. The third-order valence-corrected chi connectivity index (χ3v) is 5.90. The Morgan fingerprint density at radius 2 is 1.89 bits per heavy atom. The maximum atomic E-state index is 13.1. The summed E-state index contributed by atoms with van der Waals surface area (Å²) in [5, 5.41) is 4.25. The van der Waals surface area contributed by atoms with Gasteiger partial charge in [0.25, 0.3) is 5.91 Å². The lowest BCUT2D eigenvalue weighted by Gasteiger charge is -2.42. The van der Waals surface area contributed by atoms with Crippen LogP contribution in [-0.4, -0.2) is 45.2 Å². The highest BCUT2D eigenvalue weighted by Gasteiger charge is 2.41. The van der Waals surface area contributed by atoms with Crippen LogP contribution in [-0.2, 0) is 13.6 Å². The van der Waals surface area contributed by atoms with E-state index in [2.05, 4.69) is 39.4 Å². The minimum atomic E-state index is 0.0592. The maximum absolute atomic E-state index is 13.1. The number of carbonyl (C=O) groups is 1. The Morgan fingerprint density at radius 1 is 1.11 bits per heavy atom. The van der Waals surface area contributed by atoms with Crippen molar-refractivity contribution in [2.45, 2.75) is 12.5 Å². The number of likely N-dealkylation sites (tertiary alicyclic amines) is 1. The summed E-state index contributed by atoms with van der Waals surface area (Å²) < 4.78 is 1.85. The largest absolute Gasteiger partial charge is 0.307 e. The maximum Gasteiger partial charge on any atom is 0.258 e. The fraction of sp³-hybridized carbons (Fsp3) is 0.318. The lowest BCUT2D eigenvalue weighted by atomic mass is 9.82. The molecule has 1 amide bonds. The van der Waals surface area contributed by atoms with Gasteiger partial charge in [0.2, 0.25) is 0 Å². The van der Waals surface area contributed by atoms with Gasteiger partial charge in [-0.2, -0.15) is 5.10 Å². The SMILES string of the molecule is Cn1cc(CN2CC([C@@H]3CN(C(=O)c4ccncc4)c4ccccc43)C2)cn1. The molecule has 0 aliphatic carbocycles. The second-order valence-corrected chi connectivity index (χ2v) is 7.79. The zero-order chi connectivity index (χ0) is 19.1. The molecule has 0 bridgehead atoms. The fourth-order valence-corrected chi connectivity index (χ4v) is 4.49. The van der Waals surface area contributed by atoms with Crippen molar-refractivity contribution < 1.29 is 4.79 Å². The van der Waals surface area contributed by atoms with E-state index >= 15 is 0 Å². The molecular weight excluding hydrogens is 350 g/mol. The molecule has 4 heterocycles. The van der Waals surface area contributed by atoms with E-state index in [-0.39, 0.29) is 5.91 Å². The number of pyridine rings is 1. The number of benzene rings is 1. The number of aryl methyl sites for hydroxylation is 1.